The highest BCUT2D eigenvalue weighted by Crippen LogP contribution is 2.37. The van der Waals surface area contributed by atoms with E-state index in [9.17, 15) is 0 Å². The Kier molecular flexibility index (Phi) is 5.51. The Bertz CT molecular complexity index is 432. The van der Waals surface area contributed by atoms with E-state index in [4.69, 9.17) is 4.74 Å². The van der Waals surface area contributed by atoms with Gasteiger partial charge in [0, 0.05) is 24.0 Å². The van der Waals surface area contributed by atoms with Gasteiger partial charge in [0.05, 0.1) is 17.0 Å². The molecule has 1 aromatic rings. The van der Waals surface area contributed by atoms with Crippen LogP contribution in [0.1, 0.15) is 35.7 Å². The third-order valence-electron chi connectivity index (χ3n) is 4.23. The lowest BCUT2D eigenvalue weighted by Crippen LogP contribution is -2.38. The van der Waals surface area contributed by atoms with Crippen molar-refractivity contribution in [3.8, 4) is 0 Å². The number of thiophene rings is 1. The molecule has 0 bridgehead atoms. The number of nitrogens with zero attached hydrogens (tertiary/aromatic N) is 1. The zero-order valence-corrected chi connectivity index (χ0v) is 14.3. The van der Waals surface area contributed by atoms with Crippen LogP contribution in [0.15, 0.2) is 9.85 Å². The first kappa shape index (κ1) is 15.0. The molecule has 2 aliphatic rings. The molecule has 1 aliphatic carbocycles. The topological polar surface area (TPSA) is 24.5 Å². The highest BCUT2D eigenvalue weighted by Gasteiger charge is 2.22. The van der Waals surface area contributed by atoms with Gasteiger partial charge in [-0.25, -0.2) is 0 Å². The fourth-order valence-electron chi connectivity index (χ4n) is 3.14. The van der Waals surface area contributed by atoms with Crippen molar-refractivity contribution in [3.05, 3.63) is 20.3 Å². The van der Waals surface area contributed by atoms with E-state index in [2.05, 4.69) is 32.2 Å². The Hall–Kier alpha value is 0.0600. The van der Waals surface area contributed by atoms with Crippen molar-refractivity contribution in [3.63, 3.8) is 0 Å². The first-order chi connectivity index (χ1) is 9.83. The average molecular weight is 359 g/mol. The zero-order valence-electron chi connectivity index (χ0n) is 11.9. The minimum absolute atomic E-state index is 0.575. The SMILES string of the molecule is Brc1cc2c(s1)CCCC2NCCCN1CCOCC1. The van der Waals surface area contributed by atoms with Gasteiger partial charge in [0.25, 0.3) is 0 Å². The van der Waals surface area contributed by atoms with Crippen molar-refractivity contribution in [2.24, 2.45) is 0 Å². The van der Waals surface area contributed by atoms with Crippen molar-refractivity contribution in [2.75, 3.05) is 39.4 Å². The Morgan fingerprint density at radius 2 is 2.25 bits per heavy atom. The number of ether oxygens (including phenoxy) is 1. The van der Waals surface area contributed by atoms with E-state index in [0.717, 1.165) is 32.8 Å². The van der Waals surface area contributed by atoms with Gasteiger partial charge in [0.15, 0.2) is 0 Å². The van der Waals surface area contributed by atoms with Crippen molar-refractivity contribution in [1.29, 1.82) is 0 Å². The molecule has 5 heteroatoms. The maximum Gasteiger partial charge on any atom is 0.0704 e. The van der Waals surface area contributed by atoms with E-state index in [1.807, 2.05) is 11.3 Å². The molecule has 1 unspecified atom stereocenters. The van der Waals surface area contributed by atoms with Crippen LogP contribution >= 0.6 is 27.3 Å². The van der Waals surface area contributed by atoms with Gasteiger partial charge in [0.2, 0.25) is 0 Å². The number of halogens is 1. The van der Waals surface area contributed by atoms with E-state index >= 15 is 0 Å². The minimum Gasteiger partial charge on any atom is -0.379 e. The molecule has 2 heterocycles. The first-order valence-corrected chi connectivity index (χ1v) is 9.25. The lowest BCUT2D eigenvalue weighted by molar-refractivity contribution is 0.0373. The summed E-state index contributed by atoms with van der Waals surface area (Å²) in [4.78, 5) is 4.09. The van der Waals surface area contributed by atoms with Gasteiger partial charge in [-0.2, -0.15) is 0 Å². The van der Waals surface area contributed by atoms with Crippen LogP contribution in [0, 0.1) is 0 Å². The predicted molar refractivity (Wildman–Crippen MR) is 87.6 cm³/mol. The van der Waals surface area contributed by atoms with Gasteiger partial charge in [-0.05, 0) is 66.3 Å². The second kappa shape index (κ2) is 7.36. The molecule has 1 atom stereocenters. The second-order valence-corrected chi connectivity index (χ2v) is 8.15. The van der Waals surface area contributed by atoms with Crippen LogP contribution in [-0.2, 0) is 11.2 Å². The minimum atomic E-state index is 0.575. The molecule has 1 aliphatic heterocycles. The summed E-state index contributed by atoms with van der Waals surface area (Å²) in [6.07, 6.45) is 5.10. The molecule has 0 radical (unpaired) electrons. The van der Waals surface area contributed by atoms with E-state index in [0.29, 0.717) is 6.04 Å². The van der Waals surface area contributed by atoms with Crippen LogP contribution < -0.4 is 5.32 Å². The maximum absolute atomic E-state index is 5.38. The standard InChI is InChI=1S/C15H23BrN2OS/c16-15-11-12-13(3-1-4-14(12)20-15)17-5-2-6-18-7-9-19-10-8-18/h11,13,17H,1-10H2. The van der Waals surface area contributed by atoms with Crippen molar-refractivity contribution >= 4 is 27.3 Å². The molecule has 0 spiro atoms. The van der Waals surface area contributed by atoms with Crippen LogP contribution in [0.5, 0.6) is 0 Å². The molecule has 1 fully saturated rings. The molecule has 20 heavy (non-hydrogen) atoms. The highest BCUT2D eigenvalue weighted by atomic mass is 79.9. The summed E-state index contributed by atoms with van der Waals surface area (Å²) in [5, 5.41) is 3.76. The third kappa shape index (κ3) is 3.83. The van der Waals surface area contributed by atoms with Crippen LogP contribution in [-0.4, -0.2) is 44.3 Å². The Labute approximate surface area is 133 Å². The molecule has 0 saturated carbocycles. The van der Waals surface area contributed by atoms with Gasteiger partial charge < -0.3 is 10.1 Å². The van der Waals surface area contributed by atoms with Crippen LogP contribution in [0.2, 0.25) is 0 Å². The Balaban J connectivity index is 1.42. The summed E-state index contributed by atoms with van der Waals surface area (Å²) in [7, 11) is 0. The average Bonchev–Trinajstić information content (AvgIpc) is 2.86. The predicted octanol–water partition coefficient (Wildman–Crippen LogP) is 3.20. The van der Waals surface area contributed by atoms with Crippen molar-refractivity contribution in [1.82, 2.24) is 10.2 Å². The lowest BCUT2D eigenvalue weighted by atomic mass is 9.94. The Morgan fingerprint density at radius 1 is 1.40 bits per heavy atom. The highest BCUT2D eigenvalue weighted by molar-refractivity contribution is 9.11. The van der Waals surface area contributed by atoms with Gasteiger partial charge in [-0.15, -0.1) is 11.3 Å². The monoisotopic (exact) mass is 358 g/mol. The van der Waals surface area contributed by atoms with Crippen molar-refractivity contribution < 1.29 is 4.74 Å². The molecule has 1 aromatic heterocycles. The summed E-state index contributed by atoms with van der Waals surface area (Å²) < 4.78 is 6.66. The van der Waals surface area contributed by atoms with Gasteiger partial charge in [-0.3, -0.25) is 4.90 Å². The molecule has 112 valence electrons. The van der Waals surface area contributed by atoms with E-state index in [1.54, 1.807) is 10.4 Å². The molecular weight excluding hydrogens is 336 g/mol. The number of fused-ring (bicyclic) bond motifs is 1. The van der Waals surface area contributed by atoms with E-state index < -0.39 is 0 Å². The fraction of sp³-hybridized carbons (Fsp3) is 0.733. The number of aryl methyl sites for hydroxylation is 1. The smallest absolute Gasteiger partial charge is 0.0704 e. The molecule has 3 rings (SSSR count). The van der Waals surface area contributed by atoms with Gasteiger partial charge >= 0.3 is 0 Å². The molecule has 1 saturated heterocycles. The quantitative estimate of drug-likeness (QED) is 0.818. The third-order valence-corrected chi connectivity index (χ3v) is 5.94. The summed E-state index contributed by atoms with van der Waals surface area (Å²) in [6, 6.07) is 2.89. The fourth-order valence-corrected chi connectivity index (χ4v) is 4.96. The normalized spacial score (nSPS) is 23.8. The van der Waals surface area contributed by atoms with Gasteiger partial charge in [-0.1, -0.05) is 0 Å². The van der Waals surface area contributed by atoms with E-state index in [-0.39, 0.29) is 0 Å². The number of nitrogens with one attached hydrogen (secondary N) is 1. The van der Waals surface area contributed by atoms with Crippen LogP contribution in [0.25, 0.3) is 0 Å². The molecular formula is C15H23BrN2OS. The largest absolute Gasteiger partial charge is 0.379 e. The van der Waals surface area contributed by atoms with Gasteiger partial charge in [0.1, 0.15) is 0 Å². The van der Waals surface area contributed by atoms with Crippen LogP contribution in [0.4, 0.5) is 0 Å². The number of morpholine rings is 1. The van der Waals surface area contributed by atoms with Crippen LogP contribution in [0.3, 0.4) is 0 Å². The number of hydrogen-bond donors (Lipinski definition) is 1. The second-order valence-electron chi connectivity index (χ2n) is 5.64. The molecule has 0 amide bonds. The number of rotatable bonds is 5. The summed E-state index contributed by atoms with van der Waals surface area (Å²) in [5.74, 6) is 0. The molecule has 1 N–H and O–H groups in total. The van der Waals surface area contributed by atoms with E-state index in [1.165, 1.54) is 36.0 Å². The molecule has 3 nitrogen and oxygen atoms in total. The maximum atomic E-state index is 5.38. The molecule has 0 aromatic carbocycles. The zero-order chi connectivity index (χ0) is 13.8. The summed E-state index contributed by atoms with van der Waals surface area (Å²) in [6.45, 7) is 6.33. The summed E-state index contributed by atoms with van der Waals surface area (Å²) in [5.41, 5.74) is 1.54. The number of hydrogen-bond acceptors (Lipinski definition) is 4. The first-order valence-electron chi connectivity index (χ1n) is 7.64. The summed E-state index contributed by atoms with van der Waals surface area (Å²) >= 11 is 5.54. The lowest BCUT2D eigenvalue weighted by Gasteiger charge is -2.27. The van der Waals surface area contributed by atoms with Crippen molar-refractivity contribution in [2.45, 2.75) is 31.7 Å². The Morgan fingerprint density at radius 3 is 3.10 bits per heavy atom.